The summed E-state index contributed by atoms with van der Waals surface area (Å²) in [5, 5.41) is 0. The van der Waals surface area contributed by atoms with Crippen LogP contribution in [0.2, 0.25) is 0 Å². The minimum atomic E-state index is -0.0184. The molecule has 2 aliphatic heterocycles. The first-order valence-electron chi connectivity index (χ1n) is 11.1. The largest absolute Gasteiger partial charge is 0.378 e. The molecule has 0 aromatic carbocycles. The average Bonchev–Trinajstić information content (AvgIpc) is 2.79. The molecule has 1 aliphatic carbocycles. The van der Waals surface area contributed by atoms with Crippen molar-refractivity contribution < 1.29 is 14.3 Å². The van der Waals surface area contributed by atoms with Gasteiger partial charge in [-0.2, -0.15) is 0 Å². The molecule has 29 heavy (non-hydrogen) atoms. The van der Waals surface area contributed by atoms with Crippen molar-refractivity contribution in [2.45, 2.75) is 57.8 Å². The number of amides is 2. The number of rotatable bonds is 3. The Morgan fingerprint density at radius 1 is 1.00 bits per heavy atom. The first-order valence-corrected chi connectivity index (χ1v) is 11.1. The van der Waals surface area contributed by atoms with Crippen molar-refractivity contribution in [3.05, 3.63) is 23.3 Å². The third kappa shape index (κ3) is 4.60. The normalized spacial score (nSPS) is 23.8. The number of morpholine rings is 1. The number of ether oxygens (including phenoxy) is 1. The van der Waals surface area contributed by atoms with Crippen molar-refractivity contribution in [2.75, 3.05) is 39.4 Å². The highest BCUT2D eigenvalue weighted by molar-refractivity contribution is 5.95. The zero-order chi connectivity index (χ0) is 20.2. The molecule has 1 aromatic rings. The highest BCUT2D eigenvalue weighted by atomic mass is 16.5. The molecular weight excluding hydrogens is 368 g/mol. The van der Waals surface area contributed by atoms with E-state index >= 15 is 0 Å². The van der Waals surface area contributed by atoms with E-state index in [-0.39, 0.29) is 17.7 Å². The van der Waals surface area contributed by atoms with Crippen LogP contribution in [0.1, 0.15) is 72.7 Å². The SMILES string of the molecule is Cc1nc([C@H]2CCCN(C(=O)C3CCCCC3)C2)ncc1C(=O)N1CCOCC1. The number of likely N-dealkylation sites (tertiary alicyclic amines) is 1. The van der Waals surface area contributed by atoms with Crippen LogP contribution in [0.25, 0.3) is 0 Å². The van der Waals surface area contributed by atoms with E-state index in [0.717, 1.165) is 43.7 Å². The number of piperidine rings is 1. The molecule has 0 radical (unpaired) electrons. The number of hydrogen-bond donors (Lipinski definition) is 0. The summed E-state index contributed by atoms with van der Waals surface area (Å²) >= 11 is 0. The Balaban J connectivity index is 1.43. The van der Waals surface area contributed by atoms with Gasteiger partial charge in [0.2, 0.25) is 5.91 Å². The first-order chi connectivity index (χ1) is 14.1. The van der Waals surface area contributed by atoms with Gasteiger partial charge >= 0.3 is 0 Å². The van der Waals surface area contributed by atoms with Gasteiger partial charge in [-0.3, -0.25) is 9.59 Å². The molecule has 1 saturated carbocycles. The Labute approximate surface area is 172 Å². The third-order valence-electron chi connectivity index (χ3n) is 6.58. The van der Waals surface area contributed by atoms with Crippen LogP contribution in [0.3, 0.4) is 0 Å². The van der Waals surface area contributed by atoms with Gasteiger partial charge in [-0.05, 0) is 32.6 Å². The summed E-state index contributed by atoms with van der Waals surface area (Å²) in [4.78, 5) is 38.8. The molecule has 0 spiro atoms. The van der Waals surface area contributed by atoms with Crippen molar-refractivity contribution in [2.24, 2.45) is 5.92 Å². The number of hydrogen-bond acceptors (Lipinski definition) is 5. The van der Waals surface area contributed by atoms with Crippen LogP contribution in [-0.4, -0.2) is 71.0 Å². The van der Waals surface area contributed by atoms with Crippen LogP contribution in [-0.2, 0) is 9.53 Å². The number of aryl methyl sites for hydroxylation is 1. The maximum absolute atomic E-state index is 12.9. The zero-order valence-corrected chi connectivity index (χ0v) is 17.4. The minimum Gasteiger partial charge on any atom is -0.378 e. The second-order valence-electron chi connectivity index (χ2n) is 8.59. The van der Waals surface area contributed by atoms with Gasteiger partial charge in [0.1, 0.15) is 5.82 Å². The molecule has 7 heteroatoms. The standard InChI is InChI=1S/C22H32N4O3/c1-16-19(22(28)25-10-12-29-13-11-25)14-23-20(24-16)18-8-5-9-26(15-18)21(27)17-6-3-2-4-7-17/h14,17-18H,2-13,15H2,1H3/t18-/m0/s1. The van der Waals surface area contributed by atoms with Crippen LogP contribution >= 0.6 is 0 Å². The molecule has 2 saturated heterocycles. The molecule has 2 amide bonds. The van der Waals surface area contributed by atoms with Gasteiger partial charge < -0.3 is 14.5 Å². The third-order valence-corrected chi connectivity index (χ3v) is 6.58. The van der Waals surface area contributed by atoms with Crippen molar-refractivity contribution in [1.82, 2.24) is 19.8 Å². The number of aromatic nitrogens is 2. The summed E-state index contributed by atoms with van der Waals surface area (Å²) in [5.41, 5.74) is 1.30. The van der Waals surface area contributed by atoms with Gasteiger partial charge in [0.15, 0.2) is 0 Å². The summed E-state index contributed by atoms with van der Waals surface area (Å²) in [5.74, 6) is 1.43. The summed E-state index contributed by atoms with van der Waals surface area (Å²) in [6, 6.07) is 0. The predicted octanol–water partition coefficient (Wildman–Crippen LogP) is 2.54. The molecular formula is C22H32N4O3. The molecule has 4 rings (SSSR count). The van der Waals surface area contributed by atoms with E-state index in [2.05, 4.69) is 4.98 Å². The van der Waals surface area contributed by atoms with E-state index in [9.17, 15) is 9.59 Å². The molecule has 0 N–H and O–H groups in total. The second kappa shape index (κ2) is 9.20. The Hall–Kier alpha value is -2.02. The lowest BCUT2D eigenvalue weighted by molar-refractivity contribution is -0.137. The number of carbonyl (C=O) groups excluding carboxylic acids is 2. The van der Waals surface area contributed by atoms with Crippen molar-refractivity contribution in [3.8, 4) is 0 Å². The van der Waals surface area contributed by atoms with Gasteiger partial charge in [0.05, 0.1) is 24.5 Å². The summed E-state index contributed by atoms with van der Waals surface area (Å²) in [7, 11) is 0. The lowest BCUT2D eigenvalue weighted by Crippen LogP contribution is -2.43. The smallest absolute Gasteiger partial charge is 0.257 e. The van der Waals surface area contributed by atoms with E-state index < -0.39 is 0 Å². The van der Waals surface area contributed by atoms with E-state index in [4.69, 9.17) is 9.72 Å². The Kier molecular flexibility index (Phi) is 6.43. The average molecular weight is 401 g/mol. The Morgan fingerprint density at radius 3 is 2.48 bits per heavy atom. The van der Waals surface area contributed by atoms with Crippen LogP contribution in [0.4, 0.5) is 0 Å². The van der Waals surface area contributed by atoms with Gasteiger partial charge in [-0.1, -0.05) is 19.3 Å². The highest BCUT2D eigenvalue weighted by Crippen LogP contribution is 2.30. The van der Waals surface area contributed by atoms with Gasteiger partial charge in [0.25, 0.3) is 5.91 Å². The molecule has 3 fully saturated rings. The number of nitrogens with zero attached hydrogens (tertiary/aromatic N) is 4. The van der Waals surface area contributed by atoms with Gasteiger partial charge in [-0.25, -0.2) is 9.97 Å². The van der Waals surface area contributed by atoms with Gasteiger partial charge in [0, 0.05) is 44.2 Å². The lowest BCUT2D eigenvalue weighted by Gasteiger charge is -2.35. The molecule has 158 valence electrons. The minimum absolute atomic E-state index is 0.0184. The highest BCUT2D eigenvalue weighted by Gasteiger charge is 2.31. The monoisotopic (exact) mass is 400 g/mol. The van der Waals surface area contributed by atoms with Crippen LogP contribution in [0, 0.1) is 12.8 Å². The van der Waals surface area contributed by atoms with Gasteiger partial charge in [-0.15, -0.1) is 0 Å². The maximum atomic E-state index is 12.9. The van der Waals surface area contributed by atoms with E-state index in [1.165, 1.54) is 19.3 Å². The Bertz CT molecular complexity index is 742. The topological polar surface area (TPSA) is 75.6 Å². The van der Waals surface area contributed by atoms with Crippen molar-refractivity contribution >= 4 is 11.8 Å². The fourth-order valence-corrected chi connectivity index (χ4v) is 4.82. The van der Waals surface area contributed by atoms with E-state index in [0.29, 0.717) is 44.3 Å². The van der Waals surface area contributed by atoms with Crippen molar-refractivity contribution in [3.63, 3.8) is 0 Å². The molecule has 1 aromatic heterocycles. The predicted molar refractivity (Wildman–Crippen MR) is 109 cm³/mol. The molecule has 3 heterocycles. The zero-order valence-electron chi connectivity index (χ0n) is 17.4. The molecule has 0 unspecified atom stereocenters. The first kappa shape index (κ1) is 20.3. The summed E-state index contributed by atoms with van der Waals surface area (Å²) in [6.45, 7) is 5.81. The molecule has 3 aliphatic rings. The molecule has 0 bridgehead atoms. The van der Waals surface area contributed by atoms with Crippen LogP contribution in [0.15, 0.2) is 6.20 Å². The van der Waals surface area contributed by atoms with E-state index in [1.807, 2.05) is 11.8 Å². The fourth-order valence-electron chi connectivity index (χ4n) is 4.82. The fraction of sp³-hybridized carbons (Fsp3) is 0.727. The lowest BCUT2D eigenvalue weighted by atomic mass is 9.87. The molecule has 1 atom stereocenters. The summed E-state index contributed by atoms with van der Waals surface area (Å²) in [6.07, 6.45) is 9.34. The quantitative estimate of drug-likeness (QED) is 0.779. The second-order valence-corrected chi connectivity index (χ2v) is 8.59. The molecule has 7 nitrogen and oxygen atoms in total. The van der Waals surface area contributed by atoms with Crippen LogP contribution < -0.4 is 0 Å². The van der Waals surface area contributed by atoms with Crippen molar-refractivity contribution in [1.29, 1.82) is 0 Å². The van der Waals surface area contributed by atoms with Crippen LogP contribution in [0.5, 0.6) is 0 Å². The summed E-state index contributed by atoms with van der Waals surface area (Å²) < 4.78 is 5.33. The van der Waals surface area contributed by atoms with E-state index in [1.54, 1.807) is 11.1 Å². The Morgan fingerprint density at radius 2 is 1.76 bits per heavy atom. The number of carbonyl (C=O) groups is 2. The maximum Gasteiger partial charge on any atom is 0.257 e.